The molecule has 37 heavy (non-hydrogen) atoms. The summed E-state index contributed by atoms with van der Waals surface area (Å²) in [4.78, 5) is 5.88. The predicted molar refractivity (Wildman–Crippen MR) is 131 cm³/mol. The van der Waals surface area contributed by atoms with Crippen molar-refractivity contribution in [2.24, 2.45) is 5.73 Å². The first-order valence-electron chi connectivity index (χ1n) is 11.4. The van der Waals surface area contributed by atoms with Gasteiger partial charge in [-0.15, -0.1) is 22.6 Å². The van der Waals surface area contributed by atoms with Gasteiger partial charge in [-0.3, -0.25) is 9.30 Å². The minimum Gasteiger partial charge on any atom is -0.486 e. The van der Waals surface area contributed by atoms with Crippen molar-refractivity contribution in [2.75, 3.05) is 33.4 Å². The van der Waals surface area contributed by atoms with Crippen molar-refractivity contribution in [1.82, 2.24) is 24.5 Å². The third-order valence-electron chi connectivity index (χ3n) is 6.20. The number of nitrogens with two attached hydrogens (primary N) is 1. The standard InChI is InChI=1S/C24H24F4N6O2.ClH/c1-35-10-11-36-21-17(25)5-2-14-3-6-18(30-20(14)21)23-32-31-19-7-4-15(12-34(19)23)22(24(26,27)28)33-9-8-16(29)13-33;/h2-7,12,16,22H,8-11,13,29H2,1H3;1H/t16-,22+;/m0./s1. The number of benzene rings is 1. The molecule has 3 aromatic heterocycles. The smallest absolute Gasteiger partial charge is 0.408 e. The van der Waals surface area contributed by atoms with Gasteiger partial charge in [0.2, 0.25) is 0 Å². The summed E-state index contributed by atoms with van der Waals surface area (Å²) in [7, 11) is 1.51. The quantitative estimate of drug-likeness (QED) is 0.278. The van der Waals surface area contributed by atoms with Crippen LogP contribution in [0.15, 0.2) is 42.6 Å². The van der Waals surface area contributed by atoms with Crippen molar-refractivity contribution in [3.63, 3.8) is 0 Å². The Bertz CT molecular complexity index is 1400. The molecule has 2 N–H and O–H groups in total. The lowest BCUT2D eigenvalue weighted by atomic mass is 10.1. The number of halogens is 5. The van der Waals surface area contributed by atoms with Gasteiger partial charge in [-0.25, -0.2) is 9.37 Å². The zero-order chi connectivity index (χ0) is 25.4. The zero-order valence-electron chi connectivity index (χ0n) is 19.8. The number of alkyl halides is 3. The van der Waals surface area contributed by atoms with Gasteiger partial charge in [0.1, 0.15) is 23.9 Å². The van der Waals surface area contributed by atoms with Crippen molar-refractivity contribution in [1.29, 1.82) is 0 Å². The Morgan fingerprint density at radius 3 is 2.59 bits per heavy atom. The fourth-order valence-electron chi connectivity index (χ4n) is 4.53. The normalized spacial score (nSPS) is 17.3. The summed E-state index contributed by atoms with van der Waals surface area (Å²) in [5, 5.41) is 8.87. The minimum atomic E-state index is -4.50. The molecule has 0 radical (unpaired) electrons. The highest BCUT2D eigenvalue weighted by Gasteiger charge is 2.46. The van der Waals surface area contributed by atoms with E-state index in [1.54, 1.807) is 18.2 Å². The molecule has 13 heteroatoms. The summed E-state index contributed by atoms with van der Waals surface area (Å²) < 4.78 is 68.9. The molecule has 0 aliphatic carbocycles. The molecule has 0 saturated carbocycles. The molecule has 0 unspecified atom stereocenters. The Morgan fingerprint density at radius 2 is 1.89 bits per heavy atom. The molecule has 1 fully saturated rings. The van der Waals surface area contributed by atoms with Crippen molar-refractivity contribution >= 4 is 29.0 Å². The van der Waals surface area contributed by atoms with Crippen LogP contribution in [0, 0.1) is 5.82 Å². The van der Waals surface area contributed by atoms with E-state index in [4.69, 9.17) is 15.2 Å². The van der Waals surface area contributed by atoms with Crippen LogP contribution in [0.4, 0.5) is 17.6 Å². The van der Waals surface area contributed by atoms with Crippen LogP contribution in [-0.2, 0) is 4.74 Å². The third kappa shape index (κ3) is 5.33. The maximum atomic E-state index is 14.5. The van der Waals surface area contributed by atoms with Crippen LogP contribution < -0.4 is 10.5 Å². The highest BCUT2D eigenvalue weighted by molar-refractivity contribution is 5.86. The van der Waals surface area contributed by atoms with Crippen LogP contribution in [0.25, 0.3) is 28.1 Å². The van der Waals surface area contributed by atoms with E-state index in [9.17, 15) is 17.6 Å². The Labute approximate surface area is 215 Å². The highest BCUT2D eigenvalue weighted by atomic mass is 35.5. The van der Waals surface area contributed by atoms with Crippen LogP contribution in [0.2, 0.25) is 0 Å². The van der Waals surface area contributed by atoms with Crippen LogP contribution in [0.1, 0.15) is 18.0 Å². The SMILES string of the molecule is COCCOc1c(F)ccc2ccc(-c3nnc4ccc([C@@H](N5CC[C@H](N)C5)C(F)(F)F)cn34)nc12.Cl. The Hall–Kier alpha value is -3.06. The molecule has 1 saturated heterocycles. The molecule has 0 bridgehead atoms. The van der Waals surface area contributed by atoms with E-state index in [2.05, 4.69) is 15.2 Å². The van der Waals surface area contributed by atoms with E-state index < -0.39 is 18.0 Å². The first-order chi connectivity index (χ1) is 17.3. The van der Waals surface area contributed by atoms with Gasteiger partial charge >= 0.3 is 6.18 Å². The number of pyridine rings is 2. The number of fused-ring (bicyclic) bond motifs is 2. The van der Waals surface area contributed by atoms with Gasteiger partial charge in [0.05, 0.1) is 6.61 Å². The predicted octanol–water partition coefficient (Wildman–Crippen LogP) is 4.17. The van der Waals surface area contributed by atoms with Gasteiger partial charge in [0.15, 0.2) is 23.0 Å². The maximum absolute atomic E-state index is 14.5. The van der Waals surface area contributed by atoms with Crippen LogP contribution >= 0.6 is 12.4 Å². The molecule has 198 valence electrons. The molecule has 1 aliphatic heterocycles. The molecule has 4 heterocycles. The van der Waals surface area contributed by atoms with Crippen LogP contribution in [0.3, 0.4) is 0 Å². The number of hydrogen-bond donors (Lipinski definition) is 1. The number of ether oxygens (including phenoxy) is 2. The van der Waals surface area contributed by atoms with E-state index in [1.165, 1.54) is 40.8 Å². The number of nitrogens with zero attached hydrogens (tertiary/aromatic N) is 5. The van der Waals surface area contributed by atoms with Gasteiger partial charge in [-0.2, -0.15) is 13.2 Å². The van der Waals surface area contributed by atoms with Crippen molar-refractivity contribution in [3.8, 4) is 17.3 Å². The molecule has 8 nitrogen and oxygen atoms in total. The number of likely N-dealkylation sites (tertiary alicyclic amines) is 1. The molecule has 4 aromatic rings. The first kappa shape index (κ1) is 27.0. The number of hydrogen-bond acceptors (Lipinski definition) is 7. The van der Waals surface area contributed by atoms with E-state index in [1.807, 2.05) is 0 Å². The first-order valence-corrected chi connectivity index (χ1v) is 11.4. The second-order valence-electron chi connectivity index (χ2n) is 8.69. The molecule has 5 rings (SSSR count). The number of aromatic nitrogens is 4. The van der Waals surface area contributed by atoms with Gasteiger partial charge < -0.3 is 15.2 Å². The van der Waals surface area contributed by atoms with Crippen molar-refractivity contribution in [2.45, 2.75) is 24.7 Å². The number of methoxy groups -OCH3 is 1. The lowest BCUT2D eigenvalue weighted by Crippen LogP contribution is -2.38. The zero-order valence-corrected chi connectivity index (χ0v) is 20.6. The maximum Gasteiger partial charge on any atom is 0.408 e. The van der Waals surface area contributed by atoms with Crippen LogP contribution in [-0.4, -0.2) is 70.1 Å². The largest absolute Gasteiger partial charge is 0.486 e. The van der Waals surface area contributed by atoms with E-state index in [-0.39, 0.29) is 67.4 Å². The topological polar surface area (TPSA) is 90.8 Å². The molecule has 0 amide bonds. The second kappa shape index (κ2) is 10.7. The minimum absolute atomic E-state index is 0. The van der Waals surface area contributed by atoms with Gasteiger partial charge in [-0.1, -0.05) is 12.1 Å². The van der Waals surface area contributed by atoms with Gasteiger partial charge in [0, 0.05) is 37.8 Å². The van der Waals surface area contributed by atoms with E-state index >= 15 is 0 Å². The molecule has 1 aliphatic rings. The van der Waals surface area contributed by atoms with Crippen molar-refractivity contribution in [3.05, 3.63) is 54.0 Å². The summed E-state index contributed by atoms with van der Waals surface area (Å²) >= 11 is 0. The monoisotopic (exact) mass is 540 g/mol. The molecular formula is C24H25ClF4N6O2. The lowest BCUT2D eigenvalue weighted by molar-refractivity contribution is -0.183. The summed E-state index contributed by atoms with van der Waals surface area (Å²) in [5.74, 6) is -0.406. The average Bonchev–Trinajstić information content (AvgIpc) is 3.45. The molecule has 2 atom stereocenters. The number of rotatable bonds is 7. The molecule has 0 spiro atoms. The van der Waals surface area contributed by atoms with E-state index in [0.717, 1.165) is 0 Å². The summed E-state index contributed by atoms with van der Waals surface area (Å²) in [6.45, 7) is 0.785. The fraction of sp³-hybridized carbons (Fsp3) is 0.375. The Kier molecular flexibility index (Phi) is 7.83. The summed E-state index contributed by atoms with van der Waals surface area (Å²) in [5.41, 5.74) is 6.84. The summed E-state index contributed by atoms with van der Waals surface area (Å²) in [6.07, 6.45) is -2.63. The van der Waals surface area contributed by atoms with Crippen molar-refractivity contribution < 1.29 is 27.0 Å². The Balaban J connectivity index is 0.00000320. The fourth-order valence-corrected chi connectivity index (χ4v) is 4.53. The molecule has 1 aromatic carbocycles. The summed E-state index contributed by atoms with van der Waals surface area (Å²) in [6, 6.07) is 7.00. The second-order valence-corrected chi connectivity index (χ2v) is 8.69. The Morgan fingerprint density at radius 1 is 1.11 bits per heavy atom. The highest BCUT2D eigenvalue weighted by Crippen LogP contribution is 2.39. The average molecular weight is 541 g/mol. The van der Waals surface area contributed by atoms with E-state index in [0.29, 0.717) is 23.1 Å². The van der Waals surface area contributed by atoms with Crippen LogP contribution in [0.5, 0.6) is 5.75 Å². The lowest BCUT2D eigenvalue weighted by Gasteiger charge is -2.30. The van der Waals surface area contributed by atoms with Gasteiger partial charge in [0.25, 0.3) is 0 Å². The van der Waals surface area contributed by atoms with Gasteiger partial charge in [-0.05, 0) is 36.2 Å². The molecular weight excluding hydrogens is 516 g/mol. The third-order valence-corrected chi connectivity index (χ3v) is 6.20.